The lowest BCUT2D eigenvalue weighted by atomic mass is 10.2. The average Bonchev–Trinajstić information content (AvgIpc) is 2.50. The second-order valence-electron chi connectivity index (χ2n) is 5.67. The zero-order valence-electron chi connectivity index (χ0n) is 13.7. The van der Waals surface area contributed by atoms with Gasteiger partial charge in [0.25, 0.3) is 5.91 Å². The van der Waals surface area contributed by atoms with E-state index in [0.29, 0.717) is 11.6 Å². The summed E-state index contributed by atoms with van der Waals surface area (Å²) in [7, 11) is 2.02. The van der Waals surface area contributed by atoms with Crippen LogP contribution < -0.4 is 10.2 Å². The second-order valence-corrected chi connectivity index (χ2v) is 6.98. The molecule has 1 atom stereocenters. The van der Waals surface area contributed by atoms with Gasteiger partial charge in [-0.1, -0.05) is 23.7 Å². The normalized spacial score (nSPS) is 12.0. The number of carbonyl (C=O) groups excluding carboxylic acids is 1. The summed E-state index contributed by atoms with van der Waals surface area (Å²) in [5, 5.41) is 3.63. The Morgan fingerprint density at radius 3 is 2.52 bits per heavy atom. The molecule has 23 heavy (non-hydrogen) atoms. The molecule has 0 saturated heterocycles. The van der Waals surface area contributed by atoms with Crippen molar-refractivity contribution in [3.63, 3.8) is 0 Å². The van der Waals surface area contributed by atoms with Crippen molar-refractivity contribution >= 4 is 35.0 Å². The van der Waals surface area contributed by atoms with Crippen LogP contribution >= 0.6 is 23.4 Å². The highest BCUT2D eigenvalue weighted by atomic mass is 35.5. The molecule has 0 heterocycles. The summed E-state index contributed by atoms with van der Waals surface area (Å²) in [6, 6.07) is 13.9. The molecule has 122 valence electrons. The van der Waals surface area contributed by atoms with E-state index in [9.17, 15) is 4.79 Å². The quantitative estimate of drug-likeness (QED) is 0.786. The largest absolute Gasteiger partial charge is 0.326 e. The number of quaternary nitrogens is 1. The summed E-state index contributed by atoms with van der Waals surface area (Å²) >= 11 is 7.66. The predicted octanol–water partition coefficient (Wildman–Crippen LogP) is 3.02. The number of amides is 1. The number of anilines is 1. The molecular weight excluding hydrogens is 328 g/mol. The van der Waals surface area contributed by atoms with Crippen LogP contribution in [0.3, 0.4) is 0 Å². The molecule has 2 aromatic carbocycles. The molecule has 2 rings (SSSR count). The number of carbonyl (C=O) groups is 1. The van der Waals surface area contributed by atoms with Crippen molar-refractivity contribution in [2.75, 3.05) is 25.2 Å². The van der Waals surface area contributed by atoms with Crippen molar-refractivity contribution in [1.29, 1.82) is 0 Å². The Labute approximate surface area is 147 Å². The van der Waals surface area contributed by atoms with E-state index < -0.39 is 0 Å². The summed E-state index contributed by atoms with van der Waals surface area (Å²) in [4.78, 5) is 14.6. The molecule has 0 saturated carbocycles. The van der Waals surface area contributed by atoms with Gasteiger partial charge in [0.05, 0.1) is 7.05 Å². The van der Waals surface area contributed by atoms with Crippen molar-refractivity contribution in [2.45, 2.75) is 18.4 Å². The fourth-order valence-corrected chi connectivity index (χ4v) is 3.03. The maximum Gasteiger partial charge on any atom is 0.279 e. The van der Waals surface area contributed by atoms with E-state index in [1.807, 2.05) is 26.1 Å². The fourth-order valence-electron chi connectivity index (χ4n) is 2.39. The van der Waals surface area contributed by atoms with Crippen LogP contribution in [0.2, 0.25) is 5.02 Å². The third-order valence-corrected chi connectivity index (χ3v) is 4.57. The Balaban J connectivity index is 1.88. The van der Waals surface area contributed by atoms with Gasteiger partial charge in [-0.05, 0) is 49.1 Å². The zero-order chi connectivity index (χ0) is 16.8. The maximum atomic E-state index is 12.2. The molecule has 0 aromatic heterocycles. The van der Waals surface area contributed by atoms with Crippen LogP contribution in [0, 0.1) is 6.92 Å². The summed E-state index contributed by atoms with van der Waals surface area (Å²) < 4.78 is 0. The Morgan fingerprint density at radius 2 is 1.91 bits per heavy atom. The van der Waals surface area contributed by atoms with Gasteiger partial charge in [-0.15, -0.1) is 11.8 Å². The lowest BCUT2D eigenvalue weighted by Gasteiger charge is -2.15. The van der Waals surface area contributed by atoms with Crippen LogP contribution in [0.5, 0.6) is 0 Å². The van der Waals surface area contributed by atoms with Crippen molar-refractivity contribution in [2.24, 2.45) is 0 Å². The summed E-state index contributed by atoms with van der Waals surface area (Å²) in [5.41, 5.74) is 3.02. The fraction of sp³-hybridized carbons (Fsp3) is 0.278. The van der Waals surface area contributed by atoms with E-state index in [0.717, 1.165) is 22.7 Å². The van der Waals surface area contributed by atoms with E-state index in [4.69, 9.17) is 11.6 Å². The molecule has 2 N–H and O–H groups in total. The third-order valence-electron chi connectivity index (χ3n) is 3.59. The monoisotopic (exact) mass is 349 g/mol. The molecule has 0 aliphatic carbocycles. The number of benzene rings is 2. The highest BCUT2D eigenvalue weighted by Gasteiger charge is 2.12. The summed E-state index contributed by atoms with van der Waals surface area (Å²) in [6.07, 6.45) is 2.06. The molecule has 3 nitrogen and oxygen atoms in total. The molecule has 0 radical (unpaired) electrons. The number of rotatable bonds is 6. The predicted molar refractivity (Wildman–Crippen MR) is 98.5 cm³/mol. The van der Waals surface area contributed by atoms with Crippen LogP contribution in [-0.4, -0.2) is 25.8 Å². The van der Waals surface area contributed by atoms with Crippen LogP contribution in [-0.2, 0) is 11.3 Å². The minimum absolute atomic E-state index is 0.00802. The van der Waals surface area contributed by atoms with Gasteiger partial charge in [0.1, 0.15) is 6.54 Å². The van der Waals surface area contributed by atoms with Gasteiger partial charge in [-0.3, -0.25) is 4.79 Å². The Bertz CT molecular complexity index is 673. The van der Waals surface area contributed by atoms with Gasteiger partial charge < -0.3 is 10.2 Å². The molecule has 0 bridgehead atoms. The number of nitrogens with one attached hydrogen (secondary N) is 2. The highest BCUT2D eigenvalue weighted by molar-refractivity contribution is 7.98. The van der Waals surface area contributed by atoms with Crippen molar-refractivity contribution in [1.82, 2.24) is 0 Å². The molecule has 1 unspecified atom stereocenters. The average molecular weight is 350 g/mol. The first-order chi connectivity index (χ1) is 11.0. The molecular formula is C18H22ClN2OS+. The molecule has 0 aliphatic rings. The van der Waals surface area contributed by atoms with Gasteiger partial charge in [-0.2, -0.15) is 0 Å². The van der Waals surface area contributed by atoms with E-state index in [1.165, 1.54) is 10.5 Å². The van der Waals surface area contributed by atoms with E-state index >= 15 is 0 Å². The molecule has 5 heteroatoms. The lowest BCUT2D eigenvalue weighted by molar-refractivity contribution is -0.885. The van der Waals surface area contributed by atoms with Gasteiger partial charge in [0.2, 0.25) is 0 Å². The topological polar surface area (TPSA) is 33.5 Å². The lowest BCUT2D eigenvalue weighted by Crippen LogP contribution is -3.08. The van der Waals surface area contributed by atoms with Gasteiger partial charge in [0, 0.05) is 21.2 Å². The smallest absolute Gasteiger partial charge is 0.279 e. The van der Waals surface area contributed by atoms with E-state index in [2.05, 4.69) is 35.8 Å². The van der Waals surface area contributed by atoms with E-state index in [-0.39, 0.29) is 5.91 Å². The van der Waals surface area contributed by atoms with Crippen LogP contribution in [0.15, 0.2) is 47.4 Å². The molecule has 0 aliphatic heterocycles. The van der Waals surface area contributed by atoms with Gasteiger partial charge in [-0.25, -0.2) is 0 Å². The van der Waals surface area contributed by atoms with Crippen molar-refractivity contribution < 1.29 is 9.69 Å². The first-order valence-corrected chi connectivity index (χ1v) is 9.08. The summed E-state index contributed by atoms with van der Waals surface area (Å²) in [6.45, 7) is 3.18. The first-order valence-electron chi connectivity index (χ1n) is 7.48. The van der Waals surface area contributed by atoms with E-state index in [1.54, 1.807) is 17.8 Å². The number of thioether (sulfide) groups is 1. The molecule has 1 amide bonds. The highest BCUT2D eigenvalue weighted by Crippen LogP contribution is 2.19. The van der Waals surface area contributed by atoms with Gasteiger partial charge in [0.15, 0.2) is 6.54 Å². The number of likely N-dealkylation sites (N-methyl/N-ethyl adjacent to an activating group) is 1. The molecule has 0 fully saturated rings. The second kappa shape index (κ2) is 8.39. The number of halogens is 1. The molecule has 2 aromatic rings. The van der Waals surface area contributed by atoms with Crippen LogP contribution in [0.25, 0.3) is 0 Å². The SMILES string of the molecule is CSc1ccc(C[NH+](C)CC(=O)Nc2ccc(Cl)cc2C)cc1. The number of hydrogen-bond acceptors (Lipinski definition) is 2. The minimum atomic E-state index is 0.00802. The Morgan fingerprint density at radius 1 is 1.22 bits per heavy atom. The minimum Gasteiger partial charge on any atom is -0.326 e. The maximum absolute atomic E-state index is 12.2. The Hall–Kier alpha value is -1.49. The Kier molecular flexibility index (Phi) is 6.51. The molecule has 0 spiro atoms. The van der Waals surface area contributed by atoms with Gasteiger partial charge >= 0.3 is 0 Å². The van der Waals surface area contributed by atoms with Crippen molar-refractivity contribution in [3.05, 3.63) is 58.6 Å². The number of hydrogen-bond donors (Lipinski definition) is 2. The zero-order valence-corrected chi connectivity index (χ0v) is 15.2. The number of aryl methyl sites for hydroxylation is 1. The third kappa shape index (κ3) is 5.57. The van der Waals surface area contributed by atoms with Crippen LogP contribution in [0.4, 0.5) is 5.69 Å². The standard InChI is InChI=1S/C18H21ClN2OS/c1-13-10-15(19)6-9-17(13)20-18(22)12-21(2)11-14-4-7-16(23-3)8-5-14/h4-10H,11-12H2,1-3H3,(H,20,22)/p+1. The van der Waals surface area contributed by atoms with Crippen molar-refractivity contribution in [3.8, 4) is 0 Å². The summed E-state index contributed by atoms with van der Waals surface area (Å²) in [5.74, 6) is 0.00802. The first kappa shape index (κ1) is 17.9. The van der Waals surface area contributed by atoms with Crippen LogP contribution in [0.1, 0.15) is 11.1 Å².